The SMILES string of the molecule is CCc1[nH]c(-c2ccc(C)cc2)nc(=S)c1C. The number of benzene rings is 1. The third-order valence-corrected chi connectivity index (χ3v) is 3.33. The van der Waals surface area contributed by atoms with Crippen LogP contribution in [0.25, 0.3) is 11.4 Å². The van der Waals surface area contributed by atoms with Crippen LogP contribution in [0.2, 0.25) is 0 Å². The summed E-state index contributed by atoms with van der Waals surface area (Å²) in [6, 6.07) is 8.30. The Morgan fingerprint density at radius 1 is 1.18 bits per heavy atom. The van der Waals surface area contributed by atoms with Crippen LogP contribution in [-0.2, 0) is 6.42 Å². The van der Waals surface area contributed by atoms with Gasteiger partial charge in [-0.1, -0.05) is 49.0 Å². The molecule has 2 aromatic rings. The van der Waals surface area contributed by atoms with Crippen molar-refractivity contribution in [1.29, 1.82) is 0 Å². The van der Waals surface area contributed by atoms with Crippen LogP contribution in [0.4, 0.5) is 0 Å². The molecule has 0 saturated heterocycles. The Morgan fingerprint density at radius 3 is 2.41 bits per heavy atom. The predicted octanol–water partition coefficient (Wildman–Crippen LogP) is 3.99. The summed E-state index contributed by atoms with van der Waals surface area (Å²) in [5.74, 6) is 0.859. The van der Waals surface area contributed by atoms with Gasteiger partial charge in [0.25, 0.3) is 0 Å². The first-order valence-electron chi connectivity index (χ1n) is 5.78. The lowest BCUT2D eigenvalue weighted by Gasteiger charge is -2.08. The smallest absolute Gasteiger partial charge is 0.139 e. The standard InChI is InChI=1S/C14H16N2S/c1-4-12-10(3)14(17)16-13(15-12)11-7-5-9(2)6-8-11/h5-8H,4H2,1-3H3,(H,15,16,17). The van der Waals surface area contributed by atoms with Crippen molar-refractivity contribution in [2.45, 2.75) is 27.2 Å². The topological polar surface area (TPSA) is 28.7 Å². The van der Waals surface area contributed by atoms with Gasteiger partial charge in [0.05, 0.1) is 0 Å². The summed E-state index contributed by atoms with van der Waals surface area (Å²) in [5, 5.41) is 0. The van der Waals surface area contributed by atoms with Crippen molar-refractivity contribution in [3.05, 3.63) is 45.7 Å². The van der Waals surface area contributed by atoms with Crippen molar-refractivity contribution < 1.29 is 0 Å². The van der Waals surface area contributed by atoms with E-state index in [4.69, 9.17) is 12.2 Å². The van der Waals surface area contributed by atoms with E-state index in [1.807, 2.05) is 6.92 Å². The molecule has 0 aliphatic heterocycles. The van der Waals surface area contributed by atoms with E-state index >= 15 is 0 Å². The van der Waals surface area contributed by atoms with Gasteiger partial charge in [0.15, 0.2) is 0 Å². The zero-order valence-electron chi connectivity index (χ0n) is 10.4. The molecule has 0 aliphatic carbocycles. The summed E-state index contributed by atoms with van der Waals surface area (Å²) in [7, 11) is 0. The third kappa shape index (κ3) is 2.44. The Bertz CT molecular complexity index is 582. The molecule has 0 fully saturated rings. The van der Waals surface area contributed by atoms with Crippen LogP contribution in [0.5, 0.6) is 0 Å². The monoisotopic (exact) mass is 244 g/mol. The quantitative estimate of drug-likeness (QED) is 0.809. The van der Waals surface area contributed by atoms with Crippen molar-refractivity contribution >= 4 is 12.2 Å². The van der Waals surface area contributed by atoms with Gasteiger partial charge in [-0.25, -0.2) is 4.98 Å². The van der Waals surface area contributed by atoms with Crippen molar-refractivity contribution in [3.8, 4) is 11.4 Å². The van der Waals surface area contributed by atoms with E-state index in [9.17, 15) is 0 Å². The molecule has 0 bridgehead atoms. The second-order valence-corrected chi connectivity index (χ2v) is 4.60. The number of rotatable bonds is 2. The van der Waals surface area contributed by atoms with Crippen molar-refractivity contribution in [3.63, 3.8) is 0 Å². The summed E-state index contributed by atoms with van der Waals surface area (Å²) in [4.78, 5) is 7.80. The van der Waals surface area contributed by atoms with Gasteiger partial charge in [-0.15, -0.1) is 0 Å². The van der Waals surface area contributed by atoms with Gasteiger partial charge in [0, 0.05) is 16.8 Å². The molecule has 1 heterocycles. The number of hydrogen-bond acceptors (Lipinski definition) is 2. The molecule has 0 unspecified atom stereocenters. The van der Waals surface area contributed by atoms with E-state index in [0.29, 0.717) is 4.64 Å². The minimum absolute atomic E-state index is 0.691. The first-order chi connectivity index (χ1) is 8.11. The molecule has 0 saturated carbocycles. The molecule has 2 rings (SSSR count). The lowest BCUT2D eigenvalue weighted by molar-refractivity contribution is 0.969. The molecule has 1 aromatic carbocycles. The van der Waals surface area contributed by atoms with Crippen LogP contribution in [0.15, 0.2) is 24.3 Å². The van der Waals surface area contributed by atoms with Crippen molar-refractivity contribution in [2.24, 2.45) is 0 Å². The minimum atomic E-state index is 0.691. The fourth-order valence-corrected chi connectivity index (χ4v) is 2.00. The molecule has 2 nitrogen and oxygen atoms in total. The minimum Gasteiger partial charge on any atom is -0.343 e. The van der Waals surface area contributed by atoms with Crippen LogP contribution in [0, 0.1) is 18.5 Å². The molecule has 3 heteroatoms. The largest absolute Gasteiger partial charge is 0.343 e. The van der Waals surface area contributed by atoms with Crippen LogP contribution >= 0.6 is 12.2 Å². The first-order valence-corrected chi connectivity index (χ1v) is 6.19. The second kappa shape index (κ2) is 4.80. The van der Waals surface area contributed by atoms with Crippen molar-refractivity contribution in [1.82, 2.24) is 9.97 Å². The maximum atomic E-state index is 5.29. The van der Waals surface area contributed by atoms with Gasteiger partial charge in [0.1, 0.15) is 10.5 Å². The molecular weight excluding hydrogens is 228 g/mol. The number of nitrogens with one attached hydrogen (secondary N) is 1. The number of aromatic amines is 1. The summed E-state index contributed by atoms with van der Waals surface area (Å²) in [5.41, 5.74) is 4.57. The maximum absolute atomic E-state index is 5.29. The number of hydrogen-bond donors (Lipinski definition) is 1. The van der Waals surface area contributed by atoms with Gasteiger partial charge in [0.2, 0.25) is 0 Å². The van der Waals surface area contributed by atoms with Crippen molar-refractivity contribution in [2.75, 3.05) is 0 Å². The Labute approximate surface area is 107 Å². The van der Waals surface area contributed by atoms with E-state index in [2.05, 4.69) is 48.1 Å². The number of nitrogens with zero attached hydrogens (tertiary/aromatic N) is 1. The van der Waals surface area contributed by atoms with Gasteiger partial charge in [-0.2, -0.15) is 0 Å². The van der Waals surface area contributed by atoms with E-state index in [0.717, 1.165) is 23.4 Å². The molecule has 88 valence electrons. The average molecular weight is 244 g/mol. The lowest BCUT2D eigenvalue weighted by Crippen LogP contribution is -1.99. The van der Waals surface area contributed by atoms with Crippen LogP contribution in [0.1, 0.15) is 23.7 Å². The highest BCUT2D eigenvalue weighted by Gasteiger charge is 2.05. The second-order valence-electron chi connectivity index (χ2n) is 4.21. The fraction of sp³-hybridized carbons (Fsp3) is 0.286. The third-order valence-electron chi connectivity index (χ3n) is 2.93. The summed E-state index contributed by atoms with van der Waals surface area (Å²) >= 11 is 5.29. The Hall–Kier alpha value is -1.48. The average Bonchev–Trinajstić information content (AvgIpc) is 2.33. The van der Waals surface area contributed by atoms with Crippen LogP contribution < -0.4 is 0 Å². The van der Waals surface area contributed by atoms with E-state index in [1.165, 1.54) is 11.3 Å². The number of aryl methyl sites for hydroxylation is 2. The van der Waals surface area contributed by atoms with E-state index < -0.39 is 0 Å². The maximum Gasteiger partial charge on any atom is 0.139 e. The summed E-state index contributed by atoms with van der Waals surface area (Å²) in [6.07, 6.45) is 0.941. The highest BCUT2D eigenvalue weighted by atomic mass is 32.1. The van der Waals surface area contributed by atoms with E-state index in [-0.39, 0.29) is 0 Å². The van der Waals surface area contributed by atoms with Gasteiger partial charge < -0.3 is 4.98 Å². The zero-order valence-corrected chi connectivity index (χ0v) is 11.2. The molecular formula is C14H16N2S. The number of aromatic nitrogens is 2. The summed E-state index contributed by atoms with van der Waals surface area (Å²) in [6.45, 7) is 6.21. The Balaban J connectivity index is 2.56. The highest BCUT2D eigenvalue weighted by molar-refractivity contribution is 7.71. The molecule has 17 heavy (non-hydrogen) atoms. The predicted molar refractivity (Wildman–Crippen MR) is 73.7 cm³/mol. The number of H-pyrrole nitrogens is 1. The molecule has 1 aromatic heterocycles. The van der Waals surface area contributed by atoms with Gasteiger partial charge in [-0.05, 0) is 20.3 Å². The van der Waals surface area contributed by atoms with Crippen LogP contribution in [0.3, 0.4) is 0 Å². The molecule has 0 amide bonds. The van der Waals surface area contributed by atoms with Crippen LogP contribution in [-0.4, -0.2) is 9.97 Å². The zero-order chi connectivity index (χ0) is 12.4. The molecule has 0 radical (unpaired) electrons. The normalized spacial score (nSPS) is 10.5. The molecule has 0 spiro atoms. The highest BCUT2D eigenvalue weighted by Crippen LogP contribution is 2.18. The first kappa shape index (κ1) is 12.0. The lowest BCUT2D eigenvalue weighted by atomic mass is 10.1. The molecule has 0 aliphatic rings. The Morgan fingerprint density at radius 2 is 1.82 bits per heavy atom. The molecule has 0 atom stereocenters. The van der Waals surface area contributed by atoms with Gasteiger partial charge in [-0.3, -0.25) is 0 Å². The van der Waals surface area contributed by atoms with E-state index in [1.54, 1.807) is 0 Å². The fourth-order valence-electron chi connectivity index (χ4n) is 1.78. The summed E-state index contributed by atoms with van der Waals surface area (Å²) < 4.78 is 0.691. The Kier molecular flexibility index (Phi) is 3.38. The molecule has 1 N–H and O–H groups in total. The van der Waals surface area contributed by atoms with Gasteiger partial charge >= 0.3 is 0 Å².